The maximum Gasteiger partial charge on any atom is 0.151 e. The summed E-state index contributed by atoms with van der Waals surface area (Å²) in [5, 5.41) is 10.4. The predicted octanol–water partition coefficient (Wildman–Crippen LogP) is 2.25. The van der Waals surface area contributed by atoms with Crippen molar-refractivity contribution in [2.45, 2.75) is 25.1 Å². The fraction of sp³-hybridized carbons (Fsp3) is 0.400. The van der Waals surface area contributed by atoms with Crippen LogP contribution >= 0.6 is 0 Å². The van der Waals surface area contributed by atoms with Crippen molar-refractivity contribution >= 4 is 9.84 Å². The van der Waals surface area contributed by atoms with E-state index in [-0.39, 0.29) is 36.5 Å². The molecule has 0 amide bonds. The summed E-state index contributed by atoms with van der Waals surface area (Å²) >= 11 is 0. The third-order valence-electron chi connectivity index (χ3n) is 4.63. The fourth-order valence-corrected chi connectivity index (χ4v) is 5.07. The molecule has 3 rings (SSSR count). The Morgan fingerprint density at radius 1 is 1.19 bits per heavy atom. The van der Waals surface area contributed by atoms with Gasteiger partial charge in [0.05, 0.1) is 11.5 Å². The van der Waals surface area contributed by atoms with Gasteiger partial charge in [-0.05, 0) is 36.2 Å². The molecule has 1 N–H and O–H groups in total. The molecule has 1 fully saturated rings. The van der Waals surface area contributed by atoms with Crippen LogP contribution in [0.5, 0.6) is 5.75 Å². The molecule has 146 valence electrons. The summed E-state index contributed by atoms with van der Waals surface area (Å²) in [5.74, 6) is 0.541. The van der Waals surface area contributed by atoms with Crippen LogP contribution in [0.4, 0.5) is 4.39 Å². The first-order valence-corrected chi connectivity index (χ1v) is 10.8. The third kappa shape index (κ3) is 6.02. The average Bonchev–Trinajstić information content (AvgIpc) is 3.00. The second-order valence-electron chi connectivity index (χ2n) is 6.89. The van der Waals surface area contributed by atoms with Crippen molar-refractivity contribution in [3.63, 3.8) is 0 Å². The van der Waals surface area contributed by atoms with E-state index < -0.39 is 15.9 Å². The van der Waals surface area contributed by atoms with E-state index in [0.29, 0.717) is 18.7 Å². The Labute approximate surface area is 159 Å². The minimum absolute atomic E-state index is 0.0641. The second-order valence-corrected chi connectivity index (χ2v) is 9.12. The zero-order valence-corrected chi connectivity index (χ0v) is 15.8. The first-order valence-electron chi connectivity index (χ1n) is 8.96. The highest BCUT2D eigenvalue weighted by atomic mass is 32.2. The van der Waals surface area contributed by atoms with Crippen LogP contribution < -0.4 is 4.74 Å². The number of rotatable bonds is 8. The first kappa shape index (κ1) is 19.8. The zero-order chi connectivity index (χ0) is 19.3. The highest BCUT2D eigenvalue weighted by Gasteiger charge is 2.33. The van der Waals surface area contributed by atoms with Crippen molar-refractivity contribution in [3.05, 3.63) is 66.0 Å². The smallest absolute Gasteiger partial charge is 0.151 e. The monoisotopic (exact) mass is 393 g/mol. The molecule has 0 aliphatic carbocycles. The van der Waals surface area contributed by atoms with Gasteiger partial charge in [-0.15, -0.1) is 0 Å². The summed E-state index contributed by atoms with van der Waals surface area (Å²) in [6.45, 7) is 0.729. The highest BCUT2D eigenvalue weighted by Crippen LogP contribution is 2.21. The Balaban J connectivity index is 1.65. The lowest BCUT2D eigenvalue weighted by atomic mass is 10.1. The van der Waals surface area contributed by atoms with Crippen molar-refractivity contribution in [3.8, 4) is 5.75 Å². The lowest BCUT2D eigenvalue weighted by molar-refractivity contribution is 0.0524. The molecular formula is C20H24FNO4S. The van der Waals surface area contributed by atoms with Crippen LogP contribution in [0.15, 0.2) is 54.6 Å². The number of sulfone groups is 1. The van der Waals surface area contributed by atoms with Crippen LogP contribution in [-0.2, 0) is 16.4 Å². The normalized spacial score (nSPS) is 19.9. The summed E-state index contributed by atoms with van der Waals surface area (Å²) in [5.41, 5.74) is 0.746. The van der Waals surface area contributed by atoms with Gasteiger partial charge in [-0.3, -0.25) is 4.90 Å². The molecule has 2 aromatic carbocycles. The molecule has 1 aliphatic rings. The van der Waals surface area contributed by atoms with Gasteiger partial charge in [0.25, 0.3) is 0 Å². The van der Waals surface area contributed by atoms with Crippen LogP contribution in [0.1, 0.15) is 12.0 Å². The minimum Gasteiger partial charge on any atom is -0.491 e. The lowest BCUT2D eigenvalue weighted by Crippen LogP contribution is -2.42. The number of benzene rings is 2. The Hall–Kier alpha value is -1.96. The molecule has 1 saturated heterocycles. The summed E-state index contributed by atoms with van der Waals surface area (Å²) in [6, 6.07) is 15.2. The molecule has 0 spiro atoms. The maximum absolute atomic E-state index is 13.5. The zero-order valence-electron chi connectivity index (χ0n) is 15.0. The molecule has 7 heteroatoms. The van der Waals surface area contributed by atoms with Gasteiger partial charge in [-0.25, -0.2) is 12.8 Å². The van der Waals surface area contributed by atoms with Gasteiger partial charge in [-0.1, -0.05) is 30.3 Å². The number of para-hydroxylation sites is 1. The fourth-order valence-electron chi connectivity index (χ4n) is 3.31. The molecule has 5 nitrogen and oxygen atoms in total. The van der Waals surface area contributed by atoms with E-state index in [1.807, 2.05) is 23.1 Å². The quantitative estimate of drug-likeness (QED) is 0.745. The molecule has 0 saturated carbocycles. The van der Waals surface area contributed by atoms with Gasteiger partial charge in [-0.2, -0.15) is 0 Å². The number of halogens is 1. The van der Waals surface area contributed by atoms with E-state index in [1.165, 1.54) is 12.1 Å². The van der Waals surface area contributed by atoms with Crippen LogP contribution in [0.3, 0.4) is 0 Å². The first-order chi connectivity index (χ1) is 12.9. The minimum atomic E-state index is -3.06. The summed E-state index contributed by atoms with van der Waals surface area (Å²) in [7, 11) is -3.06. The Morgan fingerprint density at radius 2 is 1.96 bits per heavy atom. The van der Waals surface area contributed by atoms with Crippen LogP contribution in [0.2, 0.25) is 0 Å². The van der Waals surface area contributed by atoms with Gasteiger partial charge in [0.1, 0.15) is 24.3 Å². The van der Waals surface area contributed by atoms with Crippen LogP contribution in [-0.4, -0.2) is 55.2 Å². The molecular weight excluding hydrogens is 369 g/mol. The number of hydrogen-bond donors (Lipinski definition) is 1. The summed E-state index contributed by atoms with van der Waals surface area (Å²) in [4.78, 5) is 1.92. The number of ether oxygens (including phenoxy) is 1. The van der Waals surface area contributed by atoms with E-state index in [1.54, 1.807) is 24.3 Å². The lowest BCUT2D eigenvalue weighted by Gasteiger charge is -2.30. The van der Waals surface area contributed by atoms with Gasteiger partial charge in [0.2, 0.25) is 0 Å². The van der Waals surface area contributed by atoms with Crippen LogP contribution in [0, 0.1) is 5.82 Å². The van der Waals surface area contributed by atoms with Gasteiger partial charge >= 0.3 is 0 Å². The van der Waals surface area contributed by atoms with E-state index in [4.69, 9.17) is 4.74 Å². The van der Waals surface area contributed by atoms with Gasteiger partial charge < -0.3 is 9.84 Å². The molecule has 1 aliphatic heterocycles. The molecule has 2 aromatic rings. The summed E-state index contributed by atoms with van der Waals surface area (Å²) < 4.78 is 42.8. The van der Waals surface area contributed by atoms with Gasteiger partial charge in [0, 0.05) is 19.1 Å². The van der Waals surface area contributed by atoms with E-state index >= 15 is 0 Å². The molecule has 0 aromatic heterocycles. The highest BCUT2D eigenvalue weighted by molar-refractivity contribution is 7.91. The number of nitrogens with zero attached hydrogens (tertiary/aromatic N) is 1. The largest absolute Gasteiger partial charge is 0.491 e. The van der Waals surface area contributed by atoms with Crippen molar-refractivity contribution in [1.82, 2.24) is 4.90 Å². The molecule has 1 heterocycles. The molecule has 27 heavy (non-hydrogen) atoms. The van der Waals surface area contributed by atoms with Crippen molar-refractivity contribution in [1.29, 1.82) is 0 Å². The third-order valence-corrected chi connectivity index (χ3v) is 6.38. The van der Waals surface area contributed by atoms with E-state index in [2.05, 4.69) is 0 Å². The number of hydrogen-bond acceptors (Lipinski definition) is 5. The maximum atomic E-state index is 13.5. The standard InChI is InChI=1S/C20H24FNO4S/c21-17-6-4-5-16(11-17)12-22(18-9-10-27(24,25)15-18)13-19(23)14-26-20-7-2-1-3-8-20/h1-8,11,18-19,23H,9-10,12-15H2/t18-,19+/m1/s1. The van der Waals surface area contributed by atoms with Crippen molar-refractivity contribution < 1.29 is 22.7 Å². The number of aliphatic hydroxyl groups is 1. The second kappa shape index (κ2) is 8.82. The average molecular weight is 393 g/mol. The van der Waals surface area contributed by atoms with E-state index in [0.717, 1.165) is 5.56 Å². The Kier molecular flexibility index (Phi) is 6.46. The van der Waals surface area contributed by atoms with Crippen molar-refractivity contribution in [2.24, 2.45) is 0 Å². The molecule has 0 radical (unpaired) electrons. The molecule has 0 unspecified atom stereocenters. The SMILES string of the molecule is O=S1(=O)CC[C@@H](N(Cc2cccc(F)c2)C[C@H](O)COc2ccccc2)C1. The van der Waals surface area contributed by atoms with Crippen LogP contribution in [0.25, 0.3) is 0 Å². The van der Waals surface area contributed by atoms with E-state index in [9.17, 15) is 17.9 Å². The summed E-state index contributed by atoms with van der Waals surface area (Å²) in [6.07, 6.45) is -0.272. The van der Waals surface area contributed by atoms with Crippen molar-refractivity contribution in [2.75, 3.05) is 24.7 Å². The van der Waals surface area contributed by atoms with Gasteiger partial charge in [0.15, 0.2) is 9.84 Å². The Bertz CT molecular complexity index is 844. The molecule has 2 atom stereocenters. The topological polar surface area (TPSA) is 66.8 Å². The molecule has 0 bridgehead atoms. The predicted molar refractivity (Wildman–Crippen MR) is 102 cm³/mol. The number of aliphatic hydroxyl groups excluding tert-OH is 1. The Morgan fingerprint density at radius 3 is 2.63 bits per heavy atom.